The first-order chi connectivity index (χ1) is 19.3. The molecule has 11 heteroatoms. The highest BCUT2D eigenvalue weighted by molar-refractivity contribution is 9.11. The molecule has 2 saturated heterocycles. The highest BCUT2D eigenvalue weighted by Crippen LogP contribution is 2.38. The molecule has 2 heterocycles. The summed E-state index contributed by atoms with van der Waals surface area (Å²) >= 11 is 7.75. The van der Waals surface area contributed by atoms with Crippen LogP contribution in [0.1, 0.15) is 11.1 Å². The Morgan fingerprint density at radius 2 is 1.60 bits per heavy atom. The van der Waals surface area contributed by atoms with Gasteiger partial charge >= 0.3 is 0 Å². The van der Waals surface area contributed by atoms with Crippen molar-refractivity contribution in [2.45, 2.75) is 6.61 Å². The molecule has 0 N–H and O–H groups in total. The number of anilines is 1. The van der Waals surface area contributed by atoms with Crippen molar-refractivity contribution in [1.29, 1.82) is 0 Å². The standard InChI is InChI=1S/C29H24Br2FN3O4S/c30-22-14-19(15-23(31)27(22)39-18-20-6-4-5-9-24(20)32)16-25-28(37)35(29(38)40-25)17-26(36)34-12-10-33(11-13-34)21-7-2-1-3-8-21/h1-9,14-16H,10-13,17-18H2/b25-16+. The molecule has 7 nitrogen and oxygen atoms in total. The third-order valence-corrected chi connectivity index (χ3v) is 8.65. The Balaban J connectivity index is 1.21. The number of carbonyl (C=O) groups excluding carboxylic acids is 3. The van der Waals surface area contributed by atoms with E-state index in [1.165, 1.54) is 6.07 Å². The van der Waals surface area contributed by atoms with Crippen molar-refractivity contribution in [2.75, 3.05) is 37.6 Å². The molecule has 40 heavy (non-hydrogen) atoms. The highest BCUT2D eigenvalue weighted by Gasteiger charge is 2.37. The molecule has 0 atom stereocenters. The van der Waals surface area contributed by atoms with Crippen molar-refractivity contribution in [3.05, 3.63) is 97.5 Å². The molecule has 3 aromatic rings. The zero-order chi connectivity index (χ0) is 28.2. The third kappa shape index (κ3) is 6.42. The molecule has 2 fully saturated rings. The zero-order valence-corrected chi connectivity index (χ0v) is 25.2. The number of imide groups is 1. The smallest absolute Gasteiger partial charge is 0.294 e. The second kappa shape index (κ2) is 12.6. The molecule has 0 spiro atoms. The average molecular weight is 689 g/mol. The van der Waals surface area contributed by atoms with Crippen molar-refractivity contribution >= 4 is 72.4 Å². The Hall–Kier alpha value is -3.15. The fraction of sp³-hybridized carbons (Fsp3) is 0.207. The number of hydrogen-bond donors (Lipinski definition) is 0. The van der Waals surface area contributed by atoms with Crippen LogP contribution in [0, 0.1) is 5.82 Å². The summed E-state index contributed by atoms with van der Waals surface area (Å²) in [6, 6.07) is 19.9. The molecule has 206 valence electrons. The van der Waals surface area contributed by atoms with Gasteiger partial charge in [0.05, 0.1) is 13.9 Å². The van der Waals surface area contributed by atoms with Crippen molar-refractivity contribution < 1.29 is 23.5 Å². The Morgan fingerprint density at radius 1 is 0.950 bits per heavy atom. The molecule has 3 amide bonds. The number of ether oxygens (including phenoxy) is 1. The van der Waals surface area contributed by atoms with Crippen LogP contribution in [0.15, 0.2) is 80.6 Å². The second-order valence-electron chi connectivity index (χ2n) is 9.16. The normalized spacial score (nSPS) is 16.7. The fourth-order valence-electron chi connectivity index (χ4n) is 4.44. The predicted octanol–water partition coefficient (Wildman–Crippen LogP) is 6.31. The van der Waals surface area contributed by atoms with Gasteiger partial charge in [-0.15, -0.1) is 0 Å². The number of thioether (sulfide) groups is 1. The van der Waals surface area contributed by atoms with Crippen LogP contribution in [0.3, 0.4) is 0 Å². The topological polar surface area (TPSA) is 70.2 Å². The van der Waals surface area contributed by atoms with E-state index in [4.69, 9.17) is 4.74 Å². The monoisotopic (exact) mass is 687 g/mol. The molecule has 2 aliphatic rings. The number of carbonyl (C=O) groups is 3. The molecule has 0 unspecified atom stereocenters. The van der Waals surface area contributed by atoms with Crippen molar-refractivity contribution in [3.8, 4) is 5.75 Å². The van der Waals surface area contributed by atoms with E-state index in [0.717, 1.165) is 22.3 Å². The lowest BCUT2D eigenvalue weighted by molar-refractivity contribution is -0.136. The number of benzene rings is 3. The maximum Gasteiger partial charge on any atom is 0.294 e. The minimum Gasteiger partial charge on any atom is -0.486 e. The Labute approximate surface area is 252 Å². The lowest BCUT2D eigenvalue weighted by Crippen LogP contribution is -2.51. The fourth-order valence-corrected chi connectivity index (χ4v) is 6.73. The highest BCUT2D eigenvalue weighted by atomic mass is 79.9. The molecule has 5 rings (SSSR count). The van der Waals surface area contributed by atoms with Gasteiger partial charge in [0.25, 0.3) is 11.1 Å². The minimum absolute atomic E-state index is 0.0391. The van der Waals surface area contributed by atoms with Gasteiger partial charge in [0, 0.05) is 37.4 Å². The van der Waals surface area contributed by atoms with E-state index in [9.17, 15) is 18.8 Å². The van der Waals surface area contributed by atoms with E-state index in [1.807, 2.05) is 30.3 Å². The summed E-state index contributed by atoms with van der Waals surface area (Å²) < 4.78 is 20.9. The van der Waals surface area contributed by atoms with E-state index < -0.39 is 11.1 Å². The molecule has 2 aliphatic heterocycles. The minimum atomic E-state index is -0.501. The van der Waals surface area contributed by atoms with Gasteiger partial charge in [0.1, 0.15) is 24.7 Å². The van der Waals surface area contributed by atoms with Gasteiger partial charge in [-0.1, -0.05) is 36.4 Å². The van der Waals surface area contributed by atoms with E-state index in [1.54, 1.807) is 41.3 Å². The van der Waals surface area contributed by atoms with Crippen LogP contribution in [0.25, 0.3) is 6.08 Å². The number of nitrogens with zero attached hydrogens (tertiary/aromatic N) is 3. The first-order valence-corrected chi connectivity index (χ1v) is 14.9. The van der Waals surface area contributed by atoms with Crippen LogP contribution >= 0.6 is 43.6 Å². The molecular formula is C29H24Br2FN3O4S. The molecule has 0 bridgehead atoms. The van der Waals surface area contributed by atoms with Crippen LogP contribution in [-0.2, 0) is 16.2 Å². The van der Waals surface area contributed by atoms with Crippen LogP contribution in [0.5, 0.6) is 5.75 Å². The molecular weight excluding hydrogens is 665 g/mol. The summed E-state index contributed by atoms with van der Waals surface area (Å²) in [5.41, 5.74) is 2.17. The van der Waals surface area contributed by atoms with Crippen LogP contribution in [0.2, 0.25) is 0 Å². The molecule has 3 aromatic carbocycles. The molecule has 0 aromatic heterocycles. The summed E-state index contributed by atoms with van der Waals surface area (Å²) in [6.45, 7) is 2.16. The SMILES string of the molecule is O=C(CN1C(=O)S/C(=C/c2cc(Br)c(OCc3ccccc3F)c(Br)c2)C1=O)N1CCN(c2ccccc2)CC1. The predicted molar refractivity (Wildman–Crippen MR) is 160 cm³/mol. The lowest BCUT2D eigenvalue weighted by atomic mass is 10.2. The number of hydrogen-bond acceptors (Lipinski definition) is 6. The van der Waals surface area contributed by atoms with Gasteiger partial charge in [-0.25, -0.2) is 4.39 Å². The number of rotatable bonds is 7. The van der Waals surface area contributed by atoms with Crippen LogP contribution in [0.4, 0.5) is 14.9 Å². The van der Waals surface area contributed by atoms with Gasteiger partial charge in [-0.3, -0.25) is 19.3 Å². The quantitative estimate of drug-likeness (QED) is 0.271. The first-order valence-electron chi connectivity index (χ1n) is 12.5. The molecule has 0 aliphatic carbocycles. The summed E-state index contributed by atoms with van der Waals surface area (Å²) in [6.07, 6.45) is 1.60. The largest absolute Gasteiger partial charge is 0.486 e. The summed E-state index contributed by atoms with van der Waals surface area (Å²) in [5, 5.41) is -0.476. The second-order valence-corrected chi connectivity index (χ2v) is 11.9. The van der Waals surface area contributed by atoms with Gasteiger partial charge < -0.3 is 14.5 Å². The Morgan fingerprint density at radius 3 is 2.27 bits per heavy atom. The maximum atomic E-state index is 13.9. The third-order valence-electron chi connectivity index (χ3n) is 6.57. The van der Waals surface area contributed by atoms with Gasteiger partial charge in [-0.05, 0) is 85.6 Å². The summed E-state index contributed by atoms with van der Waals surface area (Å²) in [7, 11) is 0. The molecule has 0 saturated carbocycles. The Kier molecular flexibility index (Phi) is 8.92. The zero-order valence-electron chi connectivity index (χ0n) is 21.2. The lowest BCUT2D eigenvalue weighted by Gasteiger charge is -2.36. The maximum absolute atomic E-state index is 13.9. The van der Waals surface area contributed by atoms with E-state index in [-0.39, 0.29) is 29.8 Å². The van der Waals surface area contributed by atoms with E-state index in [0.29, 0.717) is 52.0 Å². The van der Waals surface area contributed by atoms with Crippen molar-refractivity contribution in [3.63, 3.8) is 0 Å². The van der Waals surface area contributed by atoms with Crippen molar-refractivity contribution in [1.82, 2.24) is 9.80 Å². The Bertz CT molecular complexity index is 1460. The van der Waals surface area contributed by atoms with E-state index >= 15 is 0 Å². The summed E-state index contributed by atoms with van der Waals surface area (Å²) in [5.74, 6) is -0.627. The molecule has 0 radical (unpaired) electrons. The average Bonchev–Trinajstić information content (AvgIpc) is 3.21. The van der Waals surface area contributed by atoms with Crippen molar-refractivity contribution in [2.24, 2.45) is 0 Å². The van der Waals surface area contributed by atoms with Gasteiger partial charge in [0.2, 0.25) is 5.91 Å². The van der Waals surface area contributed by atoms with Gasteiger partial charge in [-0.2, -0.15) is 0 Å². The van der Waals surface area contributed by atoms with Gasteiger partial charge in [0.15, 0.2) is 0 Å². The van der Waals surface area contributed by atoms with Crippen LogP contribution in [-0.4, -0.2) is 59.6 Å². The number of halogens is 3. The number of para-hydroxylation sites is 1. The number of piperazine rings is 1. The van der Waals surface area contributed by atoms with Crippen LogP contribution < -0.4 is 9.64 Å². The summed E-state index contributed by atoms with van der Waals surface area (Å²) in [4.78, 5) is 43.8. The number of amides is 3. The van der Waals surface area contributed by atoms with E-state index in [2.05, 4.69) is 36.8 Å². The first kappa shape index (κ1) is 28.4.